The molecule has 0 aliphatic rings. The molecule has 0 fully saturated rings. The summed E-state index contributed by atoms with van der Waals surface area (Å²) < 4.78 is 0. The van der Waals surface area contributed by atoms with E-state index in [1.54, 1.807) is 0 Å². The van der Waals surface area contributed by atoms with E-state index in [0.717, 1.165) is 0 Å². The average Bonchev–Trinajstić information content (AvgIpc) is 2.24. The number of carboxylic acid groups (broad SMARTS) is 1. The SMILES string of the molecule is Cc1ccc(C(C)CC(CN)C(=O)O)c(C)c1. The van der Waals surface area contributed by atoms with Gasteiger partial charge in [-0.1, -0.05) is 30.7 Å². The normalized spacial score (nSPS) is 14.4. The summed E-state index contributed by atoms with van der Waals surface area (Å²) in [6, 6.07) is 6.28. The third-order valence-corrected chi connectivity index (χ3v) is 3.23. The number of carboxylic acids is 1. The maximum atomic E-state index is 11.0. The number of hydrogen-bond acceptors (Lipinski definition) is 2. The van der Waals surface area contributed by atoms with Gasteiger partial charge in [-0.2, -0.15) is 0 Å². The molecule has 2 unspecified atom stereocenters. The minimum absolute atomic E-state index is 0.199. The van der Waals surface area contributed by atoms with Gasteiger partial charge in [0.2, 0.25) is 0 Å². The lowest BCUT2D eigenvalue weighted by molar-refractivity contribution is -0.141. The van der Waals surface area contributed by atoms with E-state index in [4.69, 9.17) is 10.8 Å². The zero-order valence-corrected chi connectivity index (χ0v) is 10.7. The molecule has 3 heteroatoms. The molecule has 2 atom stereocenters. The van der Waals surface area contributed by atoms with Crippen LogP contribution in [0.5, 0.6) is 0 Å². The molecule has 0 bridgehead atoms. The fourth-order valence-electron chi connectivity index (χ4n) is 2.23. The quantitative estimate of drug-likeness (QED) is 0.824. The Bertz CT molecular complexity index is 401. The molecule has 0 aliphatic heterocycles. The number of hydrogen-bond donors (Lipinski definition) is 2. The van der Waals surface area contributed by atoms with Crippen LogP contribution in [0.3, 0.4) is 0 Å². The Kier molecular flexibility index (Phi) is 4.70. The van der Waals surface area contributed by atoms with E-state index in [2.05, 4.69) is 39.0 Å². The maximum absolute atomic E-state index is 11.0. The summed E-state index contributed by atoms with van der Waals surface area (Å²) in [6.45, 7) is 6.38. The van der Waals surface area contributed by atoms with Gasteiger partial charge in [-0.05, 0) is 37.3 Å². The molecule has 0 aromatic heterocycles. The summed E-state index contributed by atoms with van der Waals surface area (Å²) in [5.74, 6) is -1.03. The van der Waals surface area contributed by atoms with Crippen LogP contribution in [-0.4, -0.2) is 17.6 Å². The molecule has 94 valence electrons. The Morgan fingerprint density at radius 2 is 2.06 bits per heavy atom. The summed E-state index contributed by atoms with van der Waals surface area (Å²) >= 11 is 0. The highest BCUT2D eigenvalue weighted by molar-refractivity contribution is 5.70. The smallest absolute Gasteiger partial charge is 0.307 e. The molecule has 0 heterocycles. The van der Waals surface area contributed by atoms with Crippen LogP contribution >= 0.6 is 0 Å². The Hall–Kier alpha value is -1.35. The highest BCUT2D eigenvalue weighted by Gasteiger charge is 2.20. The molecule has 17 heavy (non-hydrogen) atoms. The highest BCUT2D eigenvalue weighted by atomic mass is 16.4. The Balaban J connectivity index is 2.82. The van der Waals surface area contributed by atoms with Crippen LogP contribution in [-0.2, 0) is 4.79 Å². The number of benzene rings is 1. The van der Waals surface area contributed by atoms with Crippen molar-refractivity contribution in [2.75, 3.05) is 6.54 Å². The van der Waals surface area contributed by atoms with Crippen molar-refractivity contribution in [3.63, 3.8) is 0 Å². The fraction of sp³-hybridized carbons (Fsp3) is 0.500. The van der Waals surface area contributed by atoms with Crippen molar-refractivity contribution in [2.45, 2.75) is 33.1 Å². The second-order valence-corrected chi connectivity index (χ2v) is 4.77. The second kappa shape index (κ2) is 5.82. The summed E-state index contributed by atoms with van der Waals surface area (Å²) in [5, 5.41) is 9.00. The molecular formula is C14H21NO2. The van der Waals surface area contributed by atoms with Crippen molar-refractivity contribution in [1.29, 1.82) is 0 Å². The van der Waals surface area contributed by atoms with Crippen molar-refractivity contribution in [3.05, 3.63) is 34.9 Å². The van der Waals surface area contributed by atoms with Crippen LogP contribution in [0.15, 0.2) is 18.2 Å². The first-order valence-electron chi connectivity index (χ1n) is 5.95. The van der Waals surface area contributed by atoms with Gasteiger partial charge in [0.05, 0.1) is 5.92 Å². The van der Waals surface area contributed by atoms with Gasteiger partial charge in [0, 0.05) is 6.54 Å². The number of rotatable bonds is 5. The van der Waals surface area contributed by atoms with Gasteiger partial charge < -0.3 is 10.8 Å². The lowest BCUT2D eigenvalue weighted by Gasteiger charge is -2.18. The summed E-state index contributed by atoms with van der Waals surface area (Å²) in [7, 11) is 0. The van der Waals surface area contributed by atoms with E-state index in [1.165, 1.54) is 16.7 Å². The van der Waals surface area contributed by atoms with Crippen molar-refractivity contribution in [3.8, 4) is 0 Å². The van der Waals surface area contributed by atoms with Crippen molar-refractivity contribution >= 4 is 5.97 Å². The first-order chi connectivity index (χ1) is 7.95. The van der Waals surface area contributed by atoms with E-state index in [0.29, 0.717) is 6.42 Å². The van der Waals surface area contributed by atoms with Crippen LogP contribution < -0.4 is 5.73 Å². The monoisotopic (exact) mass is 235 g/mol. The van der Waals surface area contributed by atoms with Crippen LogP contribution in [0.1, 0.15) is 36.0 Å². The zero-order chi connectivity index (χ0) is 13.0. The minimum atomic E-state index is -0.802. The summed E-state index contributed by atoms with van der Waals surface area (Å²) in [6.07, 6.45) is 0.593. The lowest BCUT2D eigenvalue weighted by atomic mass is 9.87. The number of aliphatic carboxylic acids is 1. The average molecular weight is 235 g/mol. The Labute approximate surface area is 103 Å². The van der Waals surface area contributed by atoms with Gasteiger partial charge in [0.1, 0.15) is 0 Å². The van der Waals surface area contributed by atoms with Gasteiger partial charge in [-0.25, -0.2) is 0 Å². The first kappa shape index (κ1) is 13.7. The molecule has 3 N–H and O–H groups in total. The van der Waals surface area contributed by atoms with Crippen LogP contribution in [0.25, 0.3) is 0 Å². The molecule has 3 nitrogen and oxygen atoms in total. The molecule has 0 spiro atoms. The van der Waals surface area contributed by atoms with E-state index >= 15 is 0 Å². The molecule has 0 saturated carbocycles. The minimum Gasteiger partial charge on any atom is -0.481 e. The fourth-order valence-corrected chi connectivity index (χ4v) is 2.23. The van der Waals surface area contributed by atoms with Gasteiger partial charge in [0.15, 0.2) is 0 Å². The van der Waals surface area contributed by atoms with Crippen LogP contribution in [0.2, 0.25) is 0 Å². The second-order valence-electron chi connectivity index (χ2n) is 4.77. The summed E-state index contributed by atoms with van der Waals surface area (Å²) in [4.78, 5) is 11.0. The molecule has 1 aromatic carbocycles. The zero-order valence-electron chi connectivity index (χ0n) is 10.7. The van der Waals surface area contributed by atoms with Crippen molar-refractivity contribution in [2.24, 2.45) is 11.7 Å². The van der Waals surface area contributed by atoms with E-state index in [9.17, 15) is 4.79 Å². The predicted octanol–water partition coefficient (Wildman–Crippen LogP) is 2.46. The standard InChI is InChI=1S/C14H21NO2/c1-9-4-5-13(10(2)6-9)11(3)7-12(8-15)14(16)17/h4-6,11-12H,7-8,15H2,1-3H3,(H,16,17). The van der Waals surface area contributed by atoms with Crippen LogP contribution in [0, 0.1) is 19.8 Å². The molecule has 0 radical (unpaired) electrons. The Morgan fingerprint density at radius 3 is 2.53 bits per heavy atom. The number of carbonyl (C=O) groups is 1. The van der Waals surface area contributed by atoms with Gasteiger partial charge in [0.25, 0.3) is 0 Å². The highest BCUT2D eigenvalue weighted by Crippen LogP contribution is 2.26. The largest absolute Gasteiger partial charge is 0.481 e. The molecule has 0 saturated heterocycles. The molecule has 0 aliphatic carbocycles. The van der Waals surface area contributed by atoms with Gasteiger partial charge >= 0.3 is 5.97 Å². The Morgan fingerprint density at radius 1 is 1.41 bits per heavy atom. The molecule has 1 rings (SSSR count). The van der Waals surface area contributed by atoms with E-state index < -0.39 is 11.9 Å². The predicted molar refractivity (Wildman–Crippen MR) is 69.1 cm³/mol. The third-order valence-electron chi connectivity index (χ3n) is 3.23. The van der Waals surface area contributed by atoms with Crippen molar-refractivity contribution < 1.29 is 9.90 Å². The first-order valence-corrected chi connectivity index (χ1v) is 5.95. The number of aryl methyl sites for hydroxylation is 2. The van der Waals surface area contributed by atoms with Gasteiger partial charge in [-0.15, -0.1) is 0 Å². The van der Waals surface area contributed by atoms with Crippen LogP contribution in [0.4, 0.5) is 0 Å². The molecular weight excluding hydrogens is 214 g/mol. The summed E-state index contributed by atoms with van der Waals surface area (Å²) in [5.41, 5.74) is 9.15. The topological polar surface area (TPSA) is 63.3 Å². The van der Waals surface area contributed by atoms with Crippen molar-refractivity contribution in [1.82, 2.24) is 0 Å². The maximum Gasteiger partial charge on any atom is 0.307 e. The van der Waals surface area contributed by atoms with E-state index in [1.807, 2.05) is 0 Å². The lowest BCUT2D eigenvalue weighted by Crippen LogP contribution is -2.24. The van der Waals surface area contributed by atoms with Gasteiger partial charge in [-0.3, -0.25) is 4.79 Å². The third kappa shape index (κ3) is 3.56. The van der Waals surface area contributed by atoms with E-state index in [-0.39, 0.29) is 12.5 Å². The molecule has 1 aromatic rings. The number of nitrogens with two attached hydrogens (primary N) is 1. The molecule has 0 amide bonds.